The zero-order chi connectivity index (χ0) is 25.9. The van der Waals surface area contributed by atoms with Crippen LogP contribution in [0, 0.1) is 11.8 Å². The van der Waals surface area contributed by atoms with Gasteiger partial charge in [0.2, 0.25) is 11.8 Å². The van der Waals surface area contributed by atoms with Gasteiger partial charge >= 0.3 is 5.97 Å². The lowest BCUT2D eigenvalue weighted by atomic mass is 9.92. The Bertz CT molecular complexity index is 886. The van der Waals surface area contributed by atoms with Crippen LogP contribution < -0.4 is 20.1 Å². The molecule has 2 atom stereocenters. The third-order valence-corrected chi connectivity index (χ3v) is 7.37. The van der Waals surface area contributed by atoms with Gasteiger partial charge in [-0.2, -0.15) is 0 Å². The van der Waals surface area contributed by atoms with Crippen LogP contribution in [0.4, 0.5) is 0 Å². The molecule has 0 aromatic heterocycles. The number of carboxylic acids is 1. The maximum atomic E-state index is 13.1. The highest BCUT2D eigenvalue weighted by atomic mass is 16.5. The Morgan fingerprint density at radius 3 is 2.58 bits per heavy atom. The van der Waals surface area contributed by atoms with Gasteiger partial charge in [0.15, 0.2) is 11.5 Å². The molecule has 1 unspecified atom stereocenters. The first kappa shape index (κ1) is 27.8. The summed E-state index contributed by atoms with van der Waals surface area (Å²) >= 11 is 0. The maximum absolute atomic E-state index is 13.1. The van der Waals surface area contributed by atoms with E-state index in [0.29, 0.717) is 56.2 Å². The zero-order valence-electron chi connectivity index (χ0n) is 21.6. The zero-order valence-corrected chi connectivity index (χ0v) is 21.6. The molecule has 2 heterocycles. The molecule has 2 aliphatic heterocycles. The van der Waals surface area contributed by atoms with Crippen molar-refractivity contribution in [3.8, 4) is 11.5 Å². The van der Waals surface area contributed by atoms with Crippen LogP contribution in [-0.4, -0.2) is 74.2 Å². The van der Waals surface area contributed by atoms with Gasteiger partial charge in [-0.1, -0.05) is 6.07 Å². The highest BCUT2D eigenvalue weighted by Crippen LogP contribution is 2.28. The minimum absolute atomic E-state index is 0.126. The van der Waals surface area contributed by atoms with Gasteiger partial charge in [-0.05, 0) is 81.6 Å². The van der Waals surface area contributed by atoms with Gasteiger partial charge in [0, 0.05) is 25.6 Å². The van der Waals surface area contributed by atoms with E-state index in [2.05, 4.69) is 10.6 Å². The fraction of sp³-hybridized carbons (Fsp3) is 0.667. The van der Waals surface area contributed by atoms with E-state index >= 15 is 0 Å². The van der Waals surface area contributed by atoms with Gasteiger partial charge in [0.1, 0.15) is 0 Å². The Hall–Kier alpha value is -2.81. The smallest absolute Gasteiger partial charge is 0.305 e. The number of aliphatic carboxylic acids is 1. The first-order valence-corrected chi connectivity index (χ1v) is 13.1. The molecular weight excluding hydrogens is 462 g/mol. The molecule has 1 aromatic rings. The second kappa shape index (κ2) is 14.1. The second-order valence-electron chi connectivity index (χ2n) is 9.94. The van der Waals surface area contributed by atoms with E-state index in [1.54, 1.807) is 14.2 Å². The number of piperidine rings is 2. The van der Waals surface area contributed by atoms with E-state index in [9.17, 15) is 19.5 Å². The first-order chi connectivity index (χ1) is 17.4. The number of nitrogens with zero attached hydrogens (tertiary/aromatic N) is 1. The predicted molar refractivity (Wildman–Crippen MR) is 136 cm³/mol. The Kier molecular flexibility index (Phi) is 10.8. The number of aryl methyl sites for hydroxylation is 1. The van der Waals surface area contributed by atoms with Crippen LogP contribution in [0.3, 0.4) is 0 Å². The topological polar surface area (TPSA) is 117 Å². The largest absolute Gasteiger partial charge is 0.493 e. The molecule has 9 nitrogen and oxygen atoms in total. The molecule has 3 rings (SSSR count). The van der Waals surface area contributed by atoms with E-state index in [1.165, 1.54) is 0 Å². The lowest BCUT2D eigenvalue weighted by molar-refractivity contribution is -0.138. The van der Waals surface area contributed by atoms with Crippen LogP contribution >= 0.6 is 0 Å². The summed E-state index contributed by atoms with van der Waals surface area (Å²) in [5.74, 6) is 0.544. The van der Waals surface area contributed by atoms with E-state index in [-0.39, 0.29) is 24.2 Å². The Balaban J connectivity index is 1.52. The van der Waals surface area contributed by atoms with Gasteiger partial charge < -0.3 is 30.1 Å². The van der Waals surface area contributed by atoms with Crippen LogP contribution in [0.1, 0.15) is 56.9 Å². The summed E-state index contributed by atoms with van der Waals surface area (Å²) in [6, 6.07) is 5.11. The lowest BCUT2D eigenvalue weighted by Crippen LogP contribution is -2.48. The van der Waals surface area contributed by atoms with Crippen LogP contribution in [0.2, 0.25) is 0 Å². The Morgan fingerprint density at radius 2 is 1.89 bits per heavy atom. The summed E-state index contributed by atoms with van der Waals surface area (Å²) in [4.78, 5) is 39.2. The Labute approximate surface area is 213 Å². The third-order valence-electron chi connectivity index (χ3n) is 7.37. The normalized spacial score (nSPS) is 19.4. The molecule has 3 N–H and O–H groups in total. The van der Waals surface area contributed by atoms with Crippen molar-refractivity contribution in [2.75, 3.05) is 40.4 Å². The summed E-state index contributed by atoms with van der Waals surface area (Å²) in [6.07, 6.45) is 6.09. The number of hydrogen-bond acceptors (Lipinski definition) is 6. The summed E-state index contributed by atoms with van der Waals surface area (Å²) in [6.45, 7) is 3.14. The van der Waals surface area contributed by atoms with Crippen LogP contribution in [0.15, 0.2) is 18.2 Å². The van der Waals surface area contributed by atoms with E-state index in [1.807, 2.05) is 23.1 Å². The van der Waals surface area contributed by atoms with E-state index < -0.39 is 12.0 Å². The van der Waals surface area contributed by atoms with Crippen molar-refractivity contribution in [3.63, 3.8) is 0 Å². The molecule has 0 radical (unpaired) electrons. The summed E-state index contributed by atoms with van der Waals surface area (Å²) in [7, 11) is 3.14. The number of carboxylic acid groups (broad SMARTS) is 1. The molecule has 2 aliphatic rings. The van der Waals surface area contributed by atoms with Gasteiger partial charge in [-0.15, -0.1) is 0 Å². The number of benzene rings is 1. The van der Waals surface area contributed by atoms with Crippen molar-refractivity contribution in [2.24, 2.45) is 11.8 Å². The van der Waals surface area contributed by atoms with Crippen molar-refractivity contribution in [1.29, 1.82) is 0 Å². The molecule has 0 bridgehead atoms. The number of methoxy groups -OCH3 is 2. The number of nitrogens with one attached hydrogen (secondary N) is 2. The maximum Gasteiger partial charge on any atom is 0.305 e. The van der Waals surface area contributed by atoms with Crippen molar-refractivity contribution < 1.29 is 29.0 Å². The van der Waals surface area contributed by atoms with Gasteiger partial charge in [0.25, 0.3) is 0 Å². The van der Waals surface area contributed by atoms with Crippen LogP contribution in [-0.2, 0) is 20.8 Å². The fourth-order valence-electron chi connectivity index (χ4n) is 5.21. The predicted octanol–water partition coefficient (Wildman–Crippen LogP) is 2.61. The minimum atomic E-state index is -0.953. The SMILES string of the molecule is COc1ccc(CCC(CC(=O)O)NC(=O)[C@@H]2CCCN(C(=O)CCC3CCNCC3)C2)cc1OC. The van der Waals surface area contributed by atoms with Crippen molar-refractivity contribution in [2.45, 2.75) is 63.8 Å². The number of carbonyl (C=O) groups excluding carboxylic acids is 2. The molecular formula is C27H41N3O6. The third kappa shape index (κ3) is 8.40. The average Bonchev–Trinajstić information content (AvgIpc) is 2.90. The monoisotopic (exact) mass is 503 g/mol. The average molecular weight is 504 g/mol. The summed E-state index contributed by atoms with van der Waals surface area (Å²) in [5.41, 5.74) is 0.973. The summed E-state index contributed by atoms with van der Waals surface area (Å²) in [5, 5.41) is 15.7. The first-order valence-electron chi connectivity index (χ1n) is 13.1. The molecule has 200 valence electrons. The Morgan fingerprint density at radius 1 is 1.14 bits per heavy atom. The molecule has 0 saturated carbocycles. The highest BCUT2D eigenvalue weighted by molar-refractivity contribution is 5.82. The van der Waals surface area contributed by atoms with Crippen molar-refractivity contribution in [3.05, 3.63) is 23.8 Å². The van der Waals surface area contributed by atoms with Crippen LogP contribution in [0.5, 0.6) is 11.5 Å². The molecule has 0 spiro atoms. The quantitative estimate of drug-likeness (QED) is 0.401. The lowest BCUT2D eigenvalue weighted by Gasteiger charge is -2.33. The van der Waals surface area contributed by atoms with Crippen molar-refractivity contribution >= 4 is 17.8 Å². The number of hydrogen-bond donors (Lipinski definition) is 3. The molecule has 9 heteroatoms. The van der Waals surface area contributed by atoms with E-state index in [4.69, 9.17) is 9.47 Å². The number of rotatable bonds is 12. The molecule has 2 fully saturated rings. The molecule has 1 aromatic carbocycles. The van der Waals surface area contributed by atoms with Gasteiger partial charge in [-0.3, -0.25) is 14.4 Å². The molecule has 36 heavy (non-hydrogen) atoms. The molecule has 0 aliphatic carbocycles. The number of amides is 2. The number of carbonyl (C=O) groups is 3. The number of likely N-dealkylation sites (tertiary alicyclic amines) is 1. The summed E-state index contributed by atoms with van der Waals surface area (Å²) < 4.78 is 10.6. The van der Waals surface area contributed by atoms with Crippen molar-refractivity contribution in [1.82, 2.24) is 15.5 Å². The van der Waals surface area contributed by atoms with Gasteiger partial charge in [-0.25, -0.2) is 0 Å². The highest BCUT2D eigenvalue weighted by Gasteiger charge is 2.30. The van der Waals surface area contributed by atoms with Crippen LogP contribution in [0.25, 0.3) is 0 Å². The fourth-order valence-corrected chi connectivity index (χ4v) is 5.21. The van der Waals surface area contributed by atoms with Gasteiger partial charge in [0.05, 0.1) is 26.6 Å². The number of ether oxygens (including phenoxy) is 2. The standard InChI is InChI=1S/C27H41N3O6/c1-35-23-9-6-20(16-24(23)36-2)5-8-22(17-26(32)33)29-27(34)21-4-3-15-30(18-21)25(31)10-7-19-11-13-28-14-12-19/h6,9,16,19,21-22,28H,3-5,7-8,10-15,17-18H2,1-2H3,(H,29,34)(H,32,33)/t21-,22?/m1/s1. The van der Waals surface area contributed by atoms with E-state index in [0.717, 1.165) is 44.3 Å². The minimum Gasteiger partial charge on any atom is -0.493 e. The molecule has 2 amide bonds. The second-order valence-corrected chi connectivity index (χ2v) is 9.94. The molecule has 2 saturated heterocycles.